The van der Waals surface area contributed by atoms with E-state index in [1.54, 1.807) is 0 Å². The van der Waals surface area contributed by atoms with Crippen LogP contribution in [0.4, 0.5) is 0 Å². The van der Waals surface area contributed by atoms with Gasteiger partial charge < -0.3 is 14.6 Å². The predicted molar refractivity (Wildman–Crippen MR) is 112 cm³/mol. The minimum atomic E-state index is -0.671. The van der Waals surface area contributed by atoms with Crippen molar-refractivity contribution in [1.82, 2.24) is 0 Å². The van der Waals surface area contributed by atoms with Crippen LogP contribution in [0.2, 0.25) is 0 Å². The summed E-state index contributed by atoms with van der Waals surface area (Å²) in [5, 5.41) is 9.67. The van der Waals surface area contributed by atoms with Crippen LogP contribution in [0, 0.1) is 46.3 Å². The molecule has 5 nitrogen and oxygen atoms in total. The average Bonchev–Trinajstić information content (AvgIpc) is 3.14. The van der Waals surface area contributed by atoms with E-state index >= 15 is 0 Å². The molecular weight excluding hydrogens is 380 g/mol. The van der Waals surface area contributed by atoms with E-state index in [-0.39, 0.29) is 40.8 Å². The first-order chi connectivity index (χ1) is 14.0. The van der Waals surface area contributed by atoms with Crippen molar-refractivity contribution in [3.63, 3.8) is 0 Å². The SMILES string of the molecule is C[C@H](C(=O)O)[C@H]1CC[C@H]2[C@@H]3CC(=O)[C@H]4C[C@@H]5OC(C)(C)O[C@@H]5C[C@]4(C)[C@H]3CC[C@]12C. The highest BCUT2D eigenvalue weighted by Gasteiger charge is 2.65. The van der Waals surface area contributed by atoms with E-state index in [1.165, 1.54) is 0 Å². The number of aliphatic carboxylic acids is 1. The van der Waals surface area contributed by atoms with Gasteiger partial charge in [-0.1, -0.05) is 20.8 Å². The average molecular weight is 419 g/mol. The molecule has 168 valence electrons. The molecular formula is C25H38O5. The third-order valence-electron chi connectivity index (χ3n) is 10.4. The molecule has 0 bridgehead atoms. The molecule has 1 N–H and O–H groups in total. The summed E-state index contributed by atoms with van der Waals surface area (Å²) in [4.78, 5) is 25.2. The number of hydrogen-bond donors (Lipinski definition) is 1. The van der Waals surface area contributed by atoms with Crippen molar-refractivity contribution in [3.8, 4) is 0 Å². The summed E-state index contributed by atoms with van der Waals surface area (Å²) in [6.07, 6.45) is 6.79. The summed E-state index contributed by atoms with van der Waals surface area (Å²) in [7, 11) is 0. The second-order valence-corrected chi connectivity index (χ2v) is 12.1. The Hall–Kier alpha value is -0.940. The maximum atomic E-state index is 13.5. The van der Waals surface area contributed by atoms with Gasteiger partial charge in [0.05, 0.1) is 18.1 Å². The van der Waals surface area contributed by atoms with Gasteiger partial charge in [0, 0.05) is 12.3 Å². The summed E-state index contributed by atoms with van der Waals surface area (Å²) in [6, 6.07) is 0. The molecule has 0 radical (unpaired) electrons. The molecule has 10 atom stereocenters. The largest absolute Gasteiger partial charge is 0.481 e. The van der Waals surface area contributed by atoms with Gasteiger partial charge in [-0.3, -0.25) is 9.59 Å². The van der Waals surface area contributed by atoms with Crippen LogP contribution < -0.4 is 0 Å². The summed E-state index contributed by atoms with van der Waals surface area (Å²) >= 11 is 0. The first kappa shape index (κ1) is 20.9. The first-order valence-electron chi connectivity index (χ1n) is 12.1. The highest BCUT2D eigenvalue weighted by atomic mass is 16.7. The van der Waals surface area contributed by atoms with E-state index in [1.807, 2.05) is 20.8 Å². The quantitative estimate of drug-likeness (QED) is 0.705. The maximum absolute atomic E-state index is 13.5. The zero-order valence-electron chi connectivity index (χ0n) is 19.1. The number of carbonyl (C=O) groups excluding carboxylic acids is 1. The Morgan fingerprint density at radius 2 is 1.70 bits per heavy atom. The van der Waals surface area contributed by atoms with Gasteiger partial charge in [0.15, 0.2) is 5.79 Å². The van der Waals surface area contributed by atoms with Gasteiger partial charge >= 0.3 is 5.97 Å². The zero-order chi connectivity index (χ0) is 21.6. The van der Waals surface area contributed by atoms with E-state index < -0.39 is 11.8 Å². The molecule has 0 aromatic heterocycles. The Labute approximate surface area is 180 Å². The highest BCUT2D eigenvalue weighted by Crippen LogP contribution is 2.68. The number of hydrogen-bond acceptors (Lipinski definition) is 4. The second-order valence-electron chi connectivity index (χ2n) is 12.1. The van der Waals surface area contributed by atoms with Crippen LogP contribution in [-0.2, 0) is 19.1 Å². The fourth-order valence-electron chi connectivity index (χ4n) is 9.07. The number of rotatable bonds is 2. The van der Waals surface area contributed by atoms with Crippen LogP contribution in [0.1, 0.15) is 79.6 Å². The van der Waals surface area contributed by atoms with E-state index in [4.69, 9.17) is 9.47 Å². The molecule has 4 aliphatic carbocycles. The summed E-state index contributed by atoms with van der Waals surface area (Å²) in [6.45, 7) is 10.5. The molecule has 5 aliphatic rings. The molecule has 1 saturated heterocycles. The lowest BCUT2D eigenvalue weighted by Gasteiger charge is -2.60. The molecule has 1 heterocycles. The number of ether oxygens (including phenoxy) is 2. The lowest BCUT2D eigenvalue weighted by atomic mass is 9.44. The first-order valence-corrected chi connectivity index (χ1v) is 12.1. The maximum Gasteiger partial charge on any atom is 0.306 e. The lowest BCUT2D eigenvalue weighted by molar-refractivity contribution is -0.166. The van der Waals surface area contributed by atoms with E-state index in [2.05, 4.69) is 13.8 Å². The van der Waals surface area contributed by atoms with Gasteiger partial charge in [-0.2, -0.15) is 0 Å². The molecule has 0 aromatic carbocycles. The number of Topliss-reactive ketones (excluding diaryl/α,β-unsaturated/α-hetero) is 1. The molecule has 0 spiro atoms. The summed E-state index contributed by atoms with van der Waals surface area (Å²) in [5.74, 6) is 0.598. The monoisotopic (exact) mass is 418 g/mol. The smallest absolute Gasteiger partial charge is 0.306 e. The van der Waals surface area contributed by atoms with E-state index in [0.717, 1.165) is 38.5 Å². The molecule has 0 aromatic rings. The molecule has 5 rings (SSSR count). The minimum Gasteiger partial charge on any atom is -0.481 e. The fourth-order valence-corrected chi connectivity index (χ4v) is 9.07. The number of carbonyl (C=O) groups is 2. The van der Waals surface area contributed by atoms with Crippen LogP contribution in [-0.4, -0.2) is 34.9 Å². The number of carboxylic acids is 1. The van der Waals surface area contributed by atoms with Crippen LogP contribution in [0.25, 0.3) is 0 Å². The fraction of sp³-hybridized carbons (Fsp3) is 0.920. The molecule has 1 aliphatic heterocycles. The van der Waals surface area contributed by atoms with Crippen LogP contribution >= 0.6 is 0 Å². The van der Waals surface area contributed by atoms with Crippen molar-refractivity contribution in [2.75, 3.05) is 0 Å². The van der Waals surface area contributed by atoms with Gasteiger partial charge in [-0.05, 0) is 86.9 Å². The summed E-state index contributed by atoms with van der Waals surface area (Å²) in [5.41, 5.74) is 0.0252. The van der Waals surface area contributed by atoms with Crippen LogP contribution in [0.15, 0.2) is 0 Å². The van der Waals surface area contributed by atoms with Crippen LogP contribution in [0.5, 0.6) is 0 Å². The van der Waals surface area contributed by atoms with Gasteiger partial charge in [0.25, 0.3) is 0 Å². The van der Waals surface area contributed by atoms with Gasteiger partial charge in [0.2, 0.25) is 0 Å². The predicted octanol–water partition coefficient (Wildman–Crippen LogP) is 4.68. The Morgan fingerprint density at radius 1 is 1.03 bits per heavy atom. The van der Waals surface area contributed by atoms with Gasteiger partial charge in [-0.15, -0.1) is 0 Å². The van der Waals surface area contributed by atoms with Crippen LogP contribution in [0.3, 0.4) is 0 Å². The molecule has 0 amide bonds. The number of carboxylic acid groups (broad SMARTS) is 1. The van der Waals surface area contributed by atoms with Gasteiger partial charge in [-0.25, -0.2) is 0 Å². The Bertz CT molecular complexity index is 761. The Kier molecular flexibility index (Phi) is 4.56. The normalized spacial score (nSPS) is 52.7. The van der Waals surface area contributed by atoms with Crippen molar-refractivity contribution in [2.45, 2.75) is 97.6 Å². The van der Waals surface area contributed by atoms with Crippen molar-refractivity contribution in [3.05, 3.63) is 0 Å². The summed E-state index contributed by atoms with van der Waals surface area (Å²) < 4.78 is 12.4. The standard InChI is InChI=1S/C25H38O5/c1-13(22(27)28)15-6-7-16-14-10-19(26)18-11-20-21(30-23(2,3)29-20)12-25(18,5)17(14)8-9-24(15,16)4/h13-18,20-21H,6-12H2,1-5H3,(H,27,28)/t13-,14-,15+,16-,17-,18+,20-,21+,24+,25+/m0/s1. The molecule has 4 saturated carbocycles. The van der Waals surface area contributed by atoms with Gasteiger partial charge in [0.1, 0.15) is 5.78 Å². The highest BCUT2D eigenvalue weighted by molar-refractivity contribution is 5.83. The third-order valence-corrected chi connectivity index (χ3v) is 10.4. The van der Waals surface area contributed by atoms with Crippen molar-refractivity contribution >= 4 is 11.8 Å². The Morgan fingerprint density at radius 3 is 2.40 bits per heavy atom. The lowest BCUT2D eigenvalue weighted by Crippen LogP contribution is -2.59. The van der Waals surface area contributed by atoms with E-state index in [9.17, 15) is 14.7 Å². The molecule has 5 fully saturated rings. The van der Waals surface area contributed by atoms with Crippen molar-refractivity contribution in [1.29, 1.82) is 0 Å². The number of fused-ring (bicyclic) bond motifs is 6. The molecule has 5 heteroatoms. The third kappa shape index (κ3) is 2.80. The molecule has 0 unspecified atom stereocenters. The Balaban J connectivity index is 1.44. The zero-order valence-corrected chi connectivity index (χ0v) is 19.1. The number of ketones is 1. The van der Waals surface area contributed by atoms with Crippen molar-refractivity contribution in [2.24, 2.45) is 46.3 Å². The molecule has 30 heavy (non-hydrogen) atoms. The topological polar surface area (TPSA) is 72.8 Å². The van der Waals surface area contributed by atoms with Crippen molar-refractivity contribution < 1.29 is 24.2 Å². The minimum absolute atomic E-state index is 0.0250. The second kappa shape index (κ2) is 6.54. The van der Waals surface area contributed by atoms with E-state index in [0.29, 0.717) is 30.0 Å².